The van der Waals surface area contributed by atoms with Crippen molar-refractivity contribution >= 4 is 17.4 Å². The van der Waals surface area contributed by atoms with E-state index in [-0.39, 0.29) is 0 Å². The molecule has 26 heavy (non-hydrogen) atoms. The van der Waals surface area contributed by atoms with Gasteiger partial charge in [0.25, 0.3) is 0 Å². The van der Waals surface area contributed by atoms with Crippen molar-refractivity contribution in [2.24, 2.45) is 7.05 Å². The number of nitro benzene ring substituents is 1. The van der Waals surface area contributed by atoms with Gasteiger partial charge in [0.2, 0.25) is 5.75 Å². The molecule has 0 N–H and O–H groups in total. The summed E-state index contributed by atoms with van der Waals surface area (Å²) in [7, 11) is 1.74. The average molecular weight is 382 g/mol. The number of ether oxygens (including phenoxy) is 1. The highest BCUT2D eigenvalue weighted by molar-refractivity contribution is 7.99. The predicted octanol–water partition coefficient (Wildman–Crippen LogP) is 4.04. The van der Waals surface area contributed by atoms with Crippen molar-refractivity contribution in [3.05, 3.63) is 46.4 Å². The quantitative estimate of drug-likeness (QED) is 0.469. The van der Waals surface area contributed by atoms with Gasteiger partial charge in [-0.25, -0.2) is 0 Å². The van der Waals surface area contributed by atoms with Crippen LogP contribution in [0, 0.1) is 17.0 Å². The van der Waals surface area contributed by atoms with Gasteiger partial charge in [-0.2, -0.15) is 8.78 Å². The van der Waals surface area contributed by atoms with Gasteiger partial charge in [0.1, 0.15) is 5.76 Å². The zero-order valence-corrected chi connectivity index (χ0v) is 14.4. The Labute approximate surface area is 149 Å². The highest BCUT2D eigenvalue weighted by Gasteiger charge is 2.21. The predicted molar refractivity (Wildman–Crippen MR) is 87.3 cm³/mol. The van der Waals surface area contributed by atoms with Crippen molar-refractivity contribution < 1.29 is 22.9 Å². The first kappa shape index (κ1) is 17.9. The fraction of sp³-hybridized carbons (Fsp3) is 0.200. The van der Waals surface area contributed by atoms with Gasteiger partial charge in [0.05, 0.1) is 16.7 Å². The largest absolute Gasteiger partial charge is 0.469 e. The van der Waals surface area contributed by atoms with E-state index in [0.29, 0.717) is 21.6 Å². The van der Waals surface area contributed by atoms with Crippen LogP contribution < -0.4 is 4.74 Å². The Kier molecular flexibility index (Phi) is 4.89. The summed E-state index contributed by atoms with van der Waals surface area (Å²) >= 11 is 1.11. The zero-order chi connectivity index (χ0) is 18.8. The van der Waals surface area contributed by atoms with Crippen molar-refractivity contribution in [3.8, 4) is 17.1 Å². The Morgan fingerprint density at radius 3 is 2.73 bits per heavy atom. The van der Waals surface area contributed by atoms with E-state index in [4.69, 9.17) is 4.42 Å². The minimum absolute atomic E-state index is 0.442. The fourth-order valence-corrected chi connectivity index (χ4v) is 3.08. The molecular weight excluding hydrogens is 370 g/mol. The monoisotopic (exact) mass is 382 g/mol. The molecule has 0 aliphatic carbocycles. The normalized spacial score (nSPS) is 11.1. The summed E-state index contributed by atoms with van der Waals surface area (Å²) in [5.74, 6) is 0.743. The molecule has 0 radical (unpaired) electrons. The van der Waals surface area contributed by atoms with Gasteiger partial charge < -0.3 is 13.7 Å². The Bertz CT molecular complexity index is 957. The lowest BCUT2D eigenvalue weighted by Crippen LogP contribution is -2.04. The number of benzene rings is 1. The number of furan rings is 1. The molecule has 3 rings (SSSR count). The molecule has 2 aromatic heterocycles. The minimum atomic E-state index is -3.17. The van der Waals surface area contributed by atoms with Crippen molar-refractivity contribution in [1.82, 2.24) is 14.8 Å². The summed E-state index contributed by atoms with van der Waals surface area (Å²) < 4.78 is 36.2. The summed E-state index contributed by atoms with van der Waals surface area (Å²) in [6.45, 7) is -1.37. The van der Waals surface area contributed by atoms with E-state index < -0.39 is 23.0 Å². The number of aryl methyl sites for hydroxylation is 1. The third-order valence-corrected chi connectivity index (χ3v) is 4.52. The van der Waals surface area contributed by atoms with E-state index in [0.717, 1.165) is 23.4 Å². The van der Waals surface area contributed by atoms with Gasteiger partial charge in [0, 0.05) is 24.1 Å². The van der Waals surface area contributed by atoms with Crippen LogP contribution in [0.25, 0.3) is 11.4 Å². The lowest BCUT2D eigenvalue weighted by molar-refractivity contribution is -0.386. The molecule has 2 heterocycles. The first-order valence-electron chi connectivity index (χ1n) is 7.21. The second kappa shape index (κ2) is 7.12. The van der Waals surface area contributed by atoms with Gasteiger partial charge in [-0.15, -0.1) is 10.2 Å². The summed E-state index contributed by atoms with van der Waals surface area (Å²) in [6, 6.07) is 5.47. The Morgan fingerprint density at radius 1 is 1.35 bits per heavy atom. The molecule has 0 aliphatic heterocycles. The summed E-state index contributed by atoms with van der Waals surface area (Å²) in [5.41, 5.74) is 0.236. The number of halogens is 2. The molecule has 0 aliphatic rings. The minimum Gasteiger partial charge on any atom is -0.469 e. The van der Waals surface area contributed by atoms with Crippen LogP contribution in [-0.2, 0) is 7.05 Å². The molecule has 0 bridgehead atoms. The molecule has 0 saturated heterocycles. The summed E-state index contributed by atoms with van der Waals surface area (Å²) in [4.78, 5) is 10.6. The lowest BCUT2D eigenvalue weighted by Gasteiger charge is -2.07. The molecule has 136 valence electrons. The van der Waals surface area contributed by atoms with Crippen LogP contribution in [0.3, 0.4) is 0 Å². The number of nitro groups is 1. The maximum atomic E-state index is 12.5. The third-order valence-electron chi connectivity index (χ3n) is 3.49. The van der Waals surface area contributed by atoms with Crippen LogP contribution in [0.1, 0.15) is 5.76 Å². The van der Waals surface area contributed by atoms with Crippen molar-refractivity contribution in [1.29, 1.82) is 0 Å². The molecule has 0 atom stereocenters. The average Bonchev–Trinajstić information content (AvgIpc) is 3.13. The molecule has 11 heteroatoms. The Hall–Kier alpha value is -2.95. The van der Waals surface area contributed by atoms with Crippen molar-refractivity contribution in [2.75, 3.05) is 0 Å². The maximum absolute atomic E-state index is 12.5. The molecule has 0 fully saturated rings. The fourth-order valence-electron chi connectivity index (χ4n) is 2.26. The van der Waals surface area contributed by atoms with Crippen LogP contribution in [0.4, 0.5) is 14.5 Å². The second-order valence-electron chi connectivity index (χ2n) is 5.12. The number of hydrogen-bond donors (Lipinski definition) is 0. The SMILES string of the molecule is Cc1occc1-c1nnc(Sc2ccc([N+](=O)[O-])c(OC(F)F)c2)n1C. The van der Waals surface area contributed by atoms with Crippen LogP contribution in [0.2, 0.25) is 0 Å². The highest BCUT2D eigenvalue weighted by atomic mass is 32.2. The van der Waals surface area contributed by atoms with Crippen LogP contribution in [0.15, 0.2) is 45.0 Å². The van der Waals surface area contributed by atoms with E-state index in [1.807, 2.05) is 0 Å². The molecule has 0 unspecified atom stereocenters. The maximum Gasteiger partial charge on any atom is 0.387 e. The Morgan fingerprint density at radius 2 is 2.12 bits per heavy atom. The van der Waals surface area contributed by atoms with E-state index in [2.05, 4.69) is 14.9 Å². The Balaban J connectivity index is 1.91. The van der Waals surface area contributed by atoms with Crippen LogP contribution in [-0.4, -0.2) is 26.3 Å². The van der Waals surface area contributed by atoms with E-state index in [1.54, 1.807) is 24.6 Å². The van der Waals surface area contributed by atoms with Gasteiger partial charge in [-0.05, 0) is 30.8 Å². The standard InChI is InChI=1S/C15H12F2N4O4S/c1-8-10(5-6-24-8)13-18-19-15(20(13)2)26-9-3-4-11(21(22)23)12(7-9)25-14(16)17/h3-7,14H,1-2H3. The van der Waals surface area contributed by atoms with E-state index >= 15 is 0 Å². The molecule has 1 aromatic carbocycles. The molecule has 0 spiro atoms. The van der Waals surface area contributed by atoms with Crippen molar-refractivity contribution in [2.45, 2.75) is 23.6 Å². The molecular formula is C15H12F2N4O4S. The van der Waals surface area contributed by atoms with E-state index in [1.165, 1.54) is 18.4 Å². The molecule has 3 aromatic rings. The number of alkyl halides is 2. The van der Waals surface area contributed by atoms with E-state index in [9.17, 15) is 18.9 Å². The van der Waals surface area contributed by atoms with Gasteiger partial charge >= 0.3 is 12.3 Å². The number of nitrogens with zero attached hydrogens (tertiary/aromatic N) is 4. The van der Waals surface area contributed by atoms with Crippen LogP contribution in [0.5, 0.6) is 5.75 Å². The molecule has 8 nitrogen and oxygen atoms in total. The first-order chi connectivity index (χ1) is 12.4. The topological polar surface area (TPSA) is 96.2 Å². The van der Waals surface area contributed by atoms with Gasteiger partial charge in [-0.1, -0.05) is 0 Å². The number of hydrogen-bond acceptors (Lipinski definition) is 7. The second-order valence-corrected chi connectivity index (χ2v) is 6.16. The highest BCUT2D eigenvalue weighted by Crippen LogP contribution is 2.36. The number of aromatic nitrogens is 3. The lowest BCUT2D eigenvalue weighted by atomic mass is 10.2. The molecule has 0 amide bonds. The number of rotatable bonds is 6. The first-order valence-corrected chi connectivity index (χ1v) is 8.03. The van der Waals surface area contributed by atoms with Gasteiger partial charge in [0.15, 0.2) is 11.0 Å². The smallest absolute Gasteiger partial charge is 0.387 e. The van der Waals surface area contributed by atoms with Crippen LogP contribution >= 0.6 is 11.8 Å². The van der Waals surface area contributed by atoms with Gasteiger partial charge in [-0.3, -0.25) is 10.1 Å². The van der Waals surface area contributed by atoms with Crippen molar-refractivity contribution in [3.63, 3.8) is 0 Å². The summed E-state index contributed by atoms with van der Waals surface area (Å²) in [6.07, 6.45) is 1.54. The zero-order valence-electron chi connectivity index (χ0n) is 13.6. The summed E-state index contributed by atoms with van der Waals surface area (Å²) in [5, 5.41) is 19.6. The molecule has 0 saturated carbocycles. The third kappa shape index (κ3) is 3.52.